The van der Waals surface area contributed by atoms with Crippen molar-refractivity contribution in [3.05, 3.63) is 34.9 Å². The molecule has 0 aromatic heterocycles. The van der Waals surface area contributed by atoms with Gasteiger partial charge in [-0.2, -0.15) is 0 Å². The van der Waals surface area contributed by atoms with E-state index >= 15 is 0 Å². The highest BCUT2D eigenvalue weighted by molar-refractivity contribution is 5.80. The number of carbonyl (C=O) groups excluding carboxylic acids is 1. The molecule has 0 bridgehead atoms. The van der Waals surface area contributed by atoms with Crippen molar-refractivity contribution in [2.24, 2.45) is 17.8 Å². The van der Waals surface area contributed by atoms with Gasteiger partial charge in [-0.25, -0.2) is 8.78 Å². The van der Waals surface area contributed by atoms with E-state index < -0.39 is 23.7 Å². The lowest BCUT2D eigenvalue weighted by Crippen LogP contribution is -2.34. The van der Waals surface area contributed by atoms with Gasteiger partial charge in [0.2, 0.25) is 5.91 Å². The maximum absolute atomic E-state index is 13.7. The van der Waals surface area contributed by atoms with E-state index in [-0.39, 0.29) is 5.91 Å². The molecule has 2 saturated carbocycles. The molecule has 23 heavy (non-hydrogen) atoms. The van der Waals surface area contributed by atoms with Crippen molar-refractivity contribution in [2.75, 3.05) is 6.54 Å². The Hall–Kier alpha value is -1.49. The van der Waals surface area contributed by atoms with Gasteiger partial charge >= 0.3 is 0 Å². The van der Waals surface area contributed by atoms with Crippen LogP contribution in [0, 0.1) is 17.8 Å². The van der Waals surface area contributed by atoms with E-state index in [4.69, 9.17) is 0 Å². The third-order valence-electron chi connectivity index (χ3n) is 5.75. The molecule has 3 aliphatic rings. The second-order valence-electron chi connectivity index (χ2n) is 7.04. The molecule has 3 atom stereocenters. The number of fused-ring (bicyclic) bond motifs is 2. The molecule has 0 saturated heterocycles. The Morgan fingerprint density at radius 2 is 2.22 bits per heavy atom. The van der Waals surface area contributed by atoms with E-state index in [0.717, 1.165) is 31.5 Å². The van der Waals surface area contributed by atoms with Crippen LogP contribution in [0.25, 0.3) is 0 Å². The molecule has 0 radical (unpaired) electrons. The zero-order chi connectivity index (χ0) is 16.0. The summed E-state index contributed by atoms with van der Waals surface area (Å²) in [6.07, 6.45) is 2.86. The number of nitrogens with one attached hydrogen (secondary N) is 2. The first-order valence-corrected chi connectivity index (χ1v) is 8.55. The number of halogens is 2. The summed E-state index contributed by atoms with van der Waals surface area (Å²) in [7, 11) is 0. The first-order chi connectivity index (χ1) is 11.1. The standard InChI is InChI=1S/C18H22F2N2O/c19-18(20)15-6-2-5-14(16(15)18)17(23)22-10-12-4-1-3-11-9-21-8-7-13(11)12/h1,3-4,14-16,21H,2,5-10H2,(H,22,23). The minimum absolute atomic E-state index is 0.191. The third-order valence-corrected chi connectivity index (χ3v) is 5.75. The number of carbonyl (C=O) groups is 1. The molecule has 1 aromatic rings. The first kappa shape index (κ1) is 15.1. The summed E-state index contributed by atoms with van der Waals surface area (Å²) in [4.78, 5) is 12.4. The maximum atomic E-state index is 13.7. The number of benzene rings is 1. The van der Waals surface area contributed by atoms with Gasteiger partial charge in [0.15, 0.2) is 0 Å². The predicted molar refractivity (Wildman–Crippen MR) is 83.0 cm³/mol. The Kier molecular flexibility index (Phi) is 3.63. The molecular formula is C18H22F2N2O. The van der Waals surface area contributed by atoms with Crippen LogP contribution < -0.4 is 10.6 Å². The van der Waals surface area contributed by atoms with Crippen molar-refractivity contribution in [1.82, 2.24) is 10.6 Å². The fourth-order valence-electron chi connectivity index (χ4n) is 4.46. The van der Waals surface area contributed by atoms with Gasteiger partial charge in [-0.3, -0.25) is 4.79 Å². The summed E-state index contributed by atoms with van der Waals surface area (Å²) in [5.41, 5.74) is 3.69. The predicted octanol–water partition coefficient (Wildman–Crippen LogP) is 2.63. The second kappa shape index (κ2) is 5.55. The van der Waals surface area contributed by atoms with Crippen LogP contribution in [0.1, 0.15) is 36.0 Å². The van der Waals surface area contributed by atoms with Crippen LogP contribution in [0.3, 0.4) is 0 Å². The molecule has 1 heterocycles. The van der Waals surface area contributed by atoms with Gasteiger partial charge in [0.05, 0.1) is 0 Å². The van der Waals surface area contributed by atoms with E-state index in [1.54, 1.807) is 0 Å². The molecule has 5 heteroatoms. The lowest BCUT2D eigenvalue weighted by molar-refractivity contribution is -0.127. The van der Waals surface area contributed by atoms with Crippen LogP contribution in [0.5, 0.6) is 0 Å². The monoisotopic (exact) mass is 320 g/mol. The quantitative estimate of drug-likeness (QED) is 0.899. The molecule has 3 unspecified atom stereocenters. The second-order valence-corrected chi connectivity index (χ2v) is 7.04. The van der Waals surface area contributed by atoms with Gasteiger partial charge in [0.25, 0.3) is 5.92 Å². The minimum Gasteiger partial charge on any atom is -0.352 e. The Morgan fingerprint density at radius 3 is 3.09 bits per heavy atom. The Bertz CT molecular complexity index is 631. The number of alkyl halides is 2. The summed E-state index contributed by atoms with van der Waals surface area (Å²) in [5, 5.41) is 6.26. The highest BCUT2D eigenvalue weighted by atomic mass is 19.3. The van der Waals surface area contributed by atoms with Crippen LogP contribution in [-0.2, 0) is 24.3 Å². The van der Waals surface area contributed by atoms with Crippen LogP contribution in [0.2, 0.25) is 0 Å². The summed E-state index contributed by atoms with van der Waals surface area (Å²) >= 11 is 0. The van der Waals surface area contributed by atoms with Crippen molar-refractivity contribution in [2.45, 2.75) is 44.7 Å². The number of hydrogen-bond acceptors (Lipinski definition) is 2. The Balaban J connectivity index is 1.43. The van der Waals surface area contributed by atoms with Crippen molar-refractivity contribution < 1.29 is 13.6 Å². The van der Waals surface area contributed by atoms with E-state index in [2.05, 4.69) is 16.7 Å². The first-order valence-electron chi connectivity index (χ1n) is 8.55. The van der Waals surface area contributed by atoms with Gasteiger partial charge in [0.1, 0.15) is 0 Å². The van der Waals surface area contributed by atoms with Gasteiger partial charge in [-0.1, -0.05) is 24.6 Å². The molecule has 124 valence electrons. The molecule has 1 aromatic carbocycles. The third kappa shape index (κ3) is 2.55. The van der Waals surface area contributed by atoms with Crippen LogP contribution in [0.15, 0.2) is 18.2 Å². The van der Waals surface area contributed by atoms with Gasteiger partial charge in [0, 0.05) is 30.8 Å². The fraction of sp³-hybridized carbons (Fsp3) is 0.611. The molecular weight excluding hydrogens is 298 g/mol. The molecule has 1 aliphatic heterocycles. The average Bonchev–Trinajstić information content (AvgIpc) is 3.14. The SMILES string of the molecule is O=C(NCc1cccc2c1CCNC2)C1CCCC2C1C2(F)F. The number of amides is 1. The fourth-order valence-corrected chi connectivity index (χ4v) is 4.46. The van der Waals surface area contributed by atoms with E-state index in [9.17, 15) is 13.6 Å². The maximum Gasteiger partial charge on any atom is 0.255 e. The van der Waals surface area contributed by atoms with Crippen molar-refractivity contribution in [3.63, 3.8) is 0 Å². The van der Waals surface area contributed by atoms with E-state index in [0.29, 0.717) is 19.4 Å². The Labute approximate surface area is 134 Å². The van der Waals surface area contributed by atoms with Crippen LogP contribution in [0.4, 0.5) is 8.78 Å². The largest absolute Gasteiger partial charge is 0.352 e. The average molecular weight is 320 g/mol. The smallest absolute Gasteiger partial charge is 0.255 e. The highest BCUT2D eigenvalue weighted by Gasteiger charge is 2.72. The molecule has 4 rings (SSSR count). The lowest BCUT2D eigenvalue weighted by atomic mass is 9.88. The molecule has 0 spiro atoms. The normalized spacial score (nSPS) is 31.0. The molecule has 2 fully saturated rings. The molecule has 2 N–H and O–H groups in total. The van der Waals surface area contributed by atoms with Crippen molar-refractivity contribution in [1.29, 1.82) is 0 Å². The van der Waals surface area contributed by atoms with Gasteiger partial charge in [-0.05, 0) is 42.5 Å². The van der Waals surface area contributed by atoms with E-state index in [1.165, 1.54) is 11.1 Å². The summed E-state index contributed by atoms with van der Waals surface area (Å²) in [5.74, 6) is -4.59. The van der Waals surface area contributed by atoms with Crippen LogP contribution >= 0.6 is 0 Å². The van der Waals surface area contributed by atoms with E-state index in [1.807, 2.05) is 12.1 Å². The summed E-state index contributed by atoms with van der Waals surface area (Å²) in [6, 6.07) is 6.13. The Morgan fingerprint density at radius 1 is 1.35 bits per heavy atom. The van der Waals surface area contributed by atoms with Gasteiger partial charge < -0.3 is 10.6 Å². The summed E-state index contributed by atoms with van der Waals surface area (Å²) < 4.78 is 27.4. The highest BCUT2D eigenvalue weighted by Crippen LogP contribution is 2.64. The molecule has 1 amide bonds. The van der Waals surface area contributed by atoms with Crippen LogP contribution in [-0.4, -0.2) is 18.4 Å². The lowest BCUT2D eigenvalue weighted by Gasteiger charge is -2.22. The summed E-state index contributed by atoms with van der Waals surface area (Å²) in [6.45, 7) is 2.24. The zero-order valence-electron chi connectivity index (χ0n) is 13.1. The minimum atomic E-state index is -2.61. The molecule has 2 aliphatic carbocycles. The number of hydrogen-bond donors (Lipinski definition) is 2. The number of rotatable bonds is 3. The zero-order valence-corrected chi connectivity index (χ0v) is 13.1. The van der Waals surface area contributed by atoms with Crippen molar-refractivity contribution in [3.8, 4) is 0 Å². The van der Waals surface area contributed by atoms with Crippen molar-refractivity contribution >= 4 is 5.91 Å². The van der Waals surface area contributed by atoms with Gasteiger partial charge in [-0.15, -0.1) is 0 Å². The topological polar surface area (TPSA) is 41.1 Å². The molecule has 3 nitrogen and oxygen atoms in total.